The summed E-state index contributed by atoms with van der Waals surface area (Å²) >= 11 is 0. The maximum absolute atomic E-state index is 11.1. The van der Waals surface area contributed by atoms with Crippen LogP contribution < -0.4 is 4.90 Å². The zero-order valence-corrected chi connectivity index (χ0v) is 11.6. The first-order chi connectivity index (χ1) is 9.27. The summed E-state index contributed by atoms with van der Waals surface area (Å²) < 4.78 is 0. The van der Waals surface area contributed by atoms with Gasteiger partial charge in [-0.15, -0.1) is 0 Å². The molecule has 1 aromatic rings. The Kier molecular flexibility index (Phi) is 4.98. The minimum Gasteiger partial charge on any atom is -0.392 e. The second-order valence-corrected chi connectivity index (χ2v) is 4.55. The van der Waals surface area contributed by atoms with Crippen LogP contribution in [0.15, 0.2) is 12.1 Å². The molecule has 0 aliphatic carbocycles. The molecule has 0 amide bonds. The lowest BCUT2D eigenvalue weighted by Gasteiger charge is -2.24. The van der Waals surface area contributed by atoms with Crippen LogP contribution >= 0.6 is 0 Å². The topological polar surface area (TPSA) is 110 Å². The number of nitro benzene ring substituents is 2. The van der Waals surface area contributed by atoms with E-state index in [1.54, 1.807) is 13.8 Å². The third-order valence-corrected chi connectivity index (χ3v) is 2.79. The average molecular weight is 283 g/mol. The van der Waals surface area contributed by atoms with E-state index in [9.17, 15) is 25.3 Å². The van der Waals surface area contributed by atoms with Gasteiger partial charge in [0.25, 0.3) is 11.4 Å². The zero-order chi connectivity index (χ0) is 15.4. The van der Waals surface area contributed by atoms with E-state index in [1.807, 2.05) is 0 Å². The Balaban J connectivity index is 3.53. The number of aliphatic hydroxyl groups excluding tert-OH is 1. The summed E-state index contributed by atoms with van der Waals surface area (Å²) in [6.07, 6.45) is -0.754. The lowest BCUT2D eigenvalue weighted by atomic mass is 10.1. The van der Waals surface area contributed by atoms with Crippen molar-refractivity contribution in [3.8, 4) is 0 Å². The van der Waals surface area contributed by atoms with Gasteiger partial charge in [0.05, 0.1) is 16.0 Å². The molecular weight excluding hydrogens is 266 g/mol. The Bertz CT molecular complexity index is 495. The molecule has 0 spiro atoms. The van der Waals surface area contributed by atoms with Gasteiger partial charge in [-0.3, -0.25) is 20.2 Å². The lowest BCUT2D eigenvalue weighted by Crippen LogP contribution is -2.31. The quantitative estimate of drug-likeness (QED) is 0.631. The molecule has 0 radical (unpaired) electrons. The molecule has 1 atom stereocenters. The highest BCUT2D eigenvalue weighted by atomic mass is 16.6. The number of hydrogen-bond donors (Lipinski definition) is 1. The fraction of sp³-hybridized carbons (Fsp3) is 0.500. The van der Waals surface area contributed by atoms with Crippen molar-refractivity contribution in [1.82, 2.24) is 0 Å². The number of rotatable bonds is 6. The average Bonchev–Trinajstić information content (AvgIpc) is 2.34. The van der Waals surface area contributed by atoms with E-state index < -0.39 is 16.0 Å². The highest BCUT2D eigenvalue weighted by Crippen LogP contribution is 2.38. The molecule has 1 rings (SSSR count). The minimum absolute atomic E-state index is 0.0611. The molecule has 1 N–H and O–H groups in total. The SMILES string of the molecule is CCN(CC(C)O)c1c([N+](=O)[O-])cc(C)cc1[N+](=O)[O-]. The summed E-state index contributed by atoms with van der Waals surface area (Å²) in [5.41, 5.74) is -0.257. The predicted octanol–water partition coefficient (Wildman–Crippen LogP) is 2.02. The fourth-order valence-electron chi connectivity index (χ4n) is 2.04. The maximum atomic E-state index is 11.1. The molecule has 0 saturated carbocycles. The Labute approximate surface area is 115 Å². The molecule has 0 aliphatic rings. The van der Waals surface area contributed by atoms with Crippen molar-refractivity contribution in [3.05, 3.63) is 37.9 Å². The first-order valence-corrected chi connectivity index (χ1v) is 6.14. The number of likely N-dealkylation sites (N-methyl/N-ethyl adjacent to an activating group) is 1. The molecule has 0 saturated heterocycles. The summed E-state index contributed by atoms with van der Waals surface area (Å²) in [5.74, 6) is 0. The van der Waals surface area contributed by atoms with Crippen molar-refractivity contribution < 1.29 is 15.0 Å². The monoisotopic (exact) mass is 283 g/mol. The Morgan fingerprint density at radius 1 is 1.25 bits per heavy atom. The van der Waals surface area contributed by atoms with Gasteiger partial charge in [0.1, 0.15) is 0 Å². The van der Waals surface area contributed by atoms with Crippen molar-refractivity contribution in [2.24, 2.45) is 0 Å². The molecule has 8 nitrogen and oxygen atoms in total. The number of nitro groups is 2. The van der Waals surface area contributed by atoms with Gasteiger partial charge in [-0.1, -0.05) is 0 Å². The van der Waals surface area contributed by atoms with Crippen LogP contribution in [0.4, 0.5) is 17.1 Å². The second kappa shape index (κ2) is 6.29. The van der Waals surface area contributed by atoms with Crippen LogP contribution in [0.2, 0.25) is 0 Å². The molecule has 0 aromatic heterocycles. The van der Waals surface area contributed by atoms with E-state index in [0.717, 1.165) is 0 Å². The number of anilines is 1. The Morgan fingerprint density at radius 2 is 1.70 bits per heavy atom. The van der Waals surface area contributed by atoms with E-state index in [2.05, 4.69) is 0 Å². The second-order valence-electron chi connectivity index (χ2n) is 4.55. The molecule has 8 heteroatoms. The van der Waals surface area contributed by atoms with Crippen molar-refractivity contribution in [2.75, 3.05) is 18.0 Å². The first-order valence-electron chi connectivity index (χ1n) is 6.14. The van der Waals surface area contributed by atoms with E-state index in [1.165, 1.54) is 24.0 Å². The summed E-state index contributed by atoms with van der Waals surface area (Å²) in [5, 5.41) is 31.7. The summed E-state index contributed by atoms with van der Waals surface area (Å²) in [7, 11) is 0. The Morgan fingerprint density at radius 3 is 2.00 bits per heavy atom. The number of aryl methyl sites for hydroxylation is 1. The summed E-state index contributed by atoms with van der Waals surface area (Å²) in [6.45, 7) is 5.20. The highest BCUT2D eigenvalue weighted by molar-refractivity contribution is 5.76. The van der Waals surface area contributed by atoms with Crippen molar-refractivity contribution in [2.45, 2.75) is 26.9 Å². The van der Waals surface area contributed by atoms with Gasteiger partial charge in [0.15, 0.2) is 5.69 Å². The van der Waals surface area contributed by atoms with E-state index >= 15 is 0 Å². The molecule has 0 bridgehead atoms. The molecule has 0 fully saturated rings. The van der Waals surface area contributed by atoms with Gasteiger partial charge < -0.3 is 10.0 Å². The molecular formula is C12H17N3O5. The molecule has 0 aliphatic heterocycles. The van der Waals surface area contributed by atoms with Crippen LogP contribution in [-0.4, -0.2) is 34.1 Å². The standard InChI is InChI=1S/C12H17N3O5/c1-4-13(7-9(3)16)12-10(14(17)18)5-8(2)6-11(12)15(19)20/h5-6,9,16H,4,7H2,1-3H3. The van der Waals surface area contributed by atoms with Crippen LogP contribution in [0.1, 0.15) is 19.4 Å². The van der Waals surface area contributed by atoms with Gasteiger partial charge in [-0.05, 0) is 26.3 Å². The number of hydrogen-bond acceptors (Lipinski definition) is 6. The van der Waals surface area contributed by atoms with Gasteiger partial charge in [-0.2, -0.15) is 0 Å². The van der Waals surface area contributed by atoms with Gasteiger partial charge in [-0.25, -0.2) is 0 Å². The highest BCUT2D eigenvalue weighted by Gasteiger charge is 2.30. The van der Waals surface area contributed by atoms with E-state index in [-0.39, 0.29) is 23.6 Å². The van der Waals surface area contributed by atoms with Crippen LogP contribution in [-0.2, 0) is 0 Å². The van der Waals surface area contributed by atoms with Gasteiger partial charge in [0, 0.05) is 25.2 Å². The van der Waals surface area contributed by atoms with Crippen LogP contribution in [0.3, 0.4) is 0 Å². The van der Waals surface area contributed by atoms with Crippen molar-refractivity contribution in [3.63, 3.8) is 0 Å². The Hall–Kier alpha value is -2.22. The summed E-state index contributed by atoms with van der Waals surface area (Å²) in [4.78, 5) is 22.5. The molecule has 1 unspecified atom stereocenters. The zero-order valence-electron chi connectivity index (χ0n) is 11.6. The van der Waals surface area contributed by atoms with E-state index in [4.69, 9.17) is 0 Å². The van der Waals surface area contributed by atoms with Crippen molar-refractivity contribution >= 4 is 17.1 Å². The number of aliphatic hydroxyl groups is 1. The van der Waals surface area contributed by atoms with Crippen LogP contribution in [0, 0.1) is 27.2 Å². The molecule has 110 valence electrons. The first kappa shape index (κ1) is 15.8. The third-order valence-electron chi connectivity index (χ3n) is 2.79. The molecule has 20 heavy (non-hydrogen) atoms. The fourth-order valence-corrected chi connectivity index (χ4v) is 2.04. The molecule has 1 aromatic carbocycles. The molecule has 0 heterocycles. The maximum Gasteiger partial charge on any atom is 0.299 e. The minimum atomic E-state index is -0.754. The largest absolute Gasteiger partial charge is 0.392 e. The van der Waals surface area contributed by atoms with Crippen LogP contribution in [0.5, 0.6) is 0 Å². The third kappa shape index (κ3) is 3.41. The van der Waals surface area contributed by atoms with Crippen molar-refractivity contribution in [1.29, 1.82) is 0 Å². The van der Waals surface area contributed by atoms with Gasteiger partial charge >= 0.3 is 0 Å². The van der Waals surface area contributed by atoms with E-state index in [0.29, 0.717) is 12.1 Å². The predicted molar refractivity (Wildman–Crippen MR) is 74.1 cm³/mol. The number of nitrogens with zero attached hydrogens (tertiary/aromatic N) is 3. The normalized spacial score (nSPS) is 12.0. The smallest absolute Gasteiger partial charge is 0.299 e. The van der Waals surface area contributed by atoms with Gasteiger partial charge in [0.2, 0.25) is 0 Å². The van der Waals surface area contributed by atoms with Crippen LogP contribution in [0.25, 0.3) is 0 Å². The number of benzene rings is 1. The lowest BCUT2D eigenvalue weighted by molar-refractivity contribution is -0.392. The summed E-state index contributed by atoms with van der Waals surface area (Å²) in [6, 6.07) is 2.60.